The third-order valence-electron chi connectivity index (χ3n) is 1.19. The molecule has 0 amide bonds. The zero-order valence-corrected chi connectivity index (χ0v) is 7.45. The maximum absolute atomic E-state index is 5.25. The Morgan fingerprint density at radius 3 is 3.00 bits per heavy atom. The van der Waals surface area contributed by atoms with Crippen molar-refractivity contribution in [2.45, 2.75) is 18.1 Å². The first kappa shape index (κ1) is 7.59. The van der Waals surface area contributed by atoms with Gasteiger partial charge in [0.25, 0.3) is 0 Å². The highest BCUT2D eigenvalue weighted by molar-refractivity contribution is 8.82. The smallest absolute Gasteiger partial charge is 0.0761 e. The Labute approximate surface area is 66.8 Å². The van der Waals surface area contributed by atoms with Gasteiger partial charge in [0, 0.05) is 5.75 Å². The molecule has 0 aromatic rings. The lowest BCUT2D eigenvalue weighted by Crippen LogP contribution is -2.10. The van der Waals surface area contributed by atoms with Gasteiger partial charge < -0.3 is 0 Å². The molecule has 50 valence electrons. The quantitative estimate of drug-likeness (QED) is 0.405. The van der Waals surface area contributed by atoms with Crippen molar-refractivity contribution in [3.05, 3.63) is 0 Å². The second-order valence-electron chi connectivity index (χ2n) is 1.90. The third kappa shape index (κ3) is 2.29. The molecule has 1 rings (SSSR count). The molecule has 1 heterocycles. The summed E-state index contributed by atoms with van der Waals surface area (Å²) in [5.74, 6) is 3.93. The van der Waals surface area contributed by atoms with E-state index in [1.165, 1.54) is 18.6 Å². The fraction of sp³-hybridized carbons (Fsp3) is 0.667. The van der Waals surface area contributed by atoms with Gasteiger partial charge in [-0.15, -0.1) is 6.42 Å². The molecule has 3 heteroatoms. The van der Waals surface area contributed by atoms with Crippen molar-refractivity contribution in [3.63, 3.8) is 0 Å². The molecular weight excluding hydrogens is 168 g/mol. The molecule has 0 aromatic heterocycles. The summed E-state index contributed by atoms with van der Waals surface area (Å²) in [5.41, 5.74) is 0. The Morgan fingerprint density at radius 2 is 2.56 bits per heavy atom. The Bertz CT molecular complexity index is 156. The van der Waals surface area contributed by atoms with Gasteiger partial charge in [0.05, 0.1) is 5.25 Å². The van der Waals surface area contributed by atoms with Crippen LogP contribution in [0.1, 0.15) is 12.8 Å². The summed E-state index contributed by atoms with van der Waals surface area (Å²) in [4.78, 5) is 0. The van der Waals surface area contributed by atoms with Gasteiger partial charge in [-0.2, -0.15) is 0 Å². The second kappa shape index (κ2) is 3.60. The van der Waals surface area contributed by atoms with Gasteiger partial charge in [-0.25, -0.2) is 0 Å². The Kier molecular flexibility index (Phi) is 3.03. The fourth-order valence-electron chi connectivity index (χ4n) is 0.723. The van der Waals surface area contributed by atoms with Gasteiger partial charge in [-0.3, -0.25) is 0 Å². The first-order valence-corrected chi connectivity index (χ1v) is 6.56. The molecule has 1 aliphatic rings. The van der Waals surface area contributed by atoms with Gasteiger partial charge in [0.1, 0.15) is 0 Å². The van der Waals surface area contributed by atoms with Crippen molar-refractivity contribution in [3.8, 4) is 12.3 Å². The SMILES string of the molecule is C#CC1CCCS(=S)S1. The summed E-state index contributed by atoms with van der Waals surface area (Å²) in [6, 6.07) is 0. The van der Waals surface area contributed by atoms with Gasteiger partial charge in [-0.05, 0) is 24.0 Å². The summed E-state index contributed by atoms with van der Waals surface area (Å²) in [6.45, 7) is 0. The first-order chi connectivity index (χ1) is 4.33. The van der Waals surface area contributed by atoms with Crippen LogP contribution in [0, 0.1) is 12.3 Å². The third-order valence-corrected chi connectivity index (χ3v) is 5.68. The summed E-state index contributed by atoms with van der Waals surface area (Å²) in [7, 11) is 1.93. The molecule has 0 spiro atoms. The molecule has 1 fully saturated rings. The minimum atomic E-state index is 0.137. The molecule has 2 atom stereocenters. The zero-order valence-electron chi connectivity index (χ0n) is 5.00. The Morgan fingerprint density at radius 1 is 1.78 bits per heavy atom. The van der Waals surface area contributed by atoms with Gasteiger partial charge >= 0.3 is 0 Å². The van der Waals surface area contributed by atoms with E-state index in [4.69, 9.17) is 17.6 Å². The van der Waals surface area contributed by atoms with Crippen LogP contribution in [0.4, 0.5) is 0 Å². The summed E-state index contributed by atoms with van der Waals surface area (Å²) in [6.07, 6.45) is 7.65. The standard InChI is InChI=1S/C6H8S3/c1-2-6-4-3-5-9(7)8-6/h1,6H,3-5H2. The lowest BCUT2D eigenvalue weighted by atomic mass is 10.2. The van der Waals surface area contributed by atoms with Crippen LogP contribution in [-0.4, -0.2) is 11.0 Å². The number of hydrogen-bond acceptors (Lipinski definition) is 2. The number of terminal acetylenes is 1. The molecule has 1 aliphatic heterocycles. The van der Waals surface area contributed by atoms with Crippen LogP contribution in [-0.2, 0) is 19.7 Å². The minimum absolute atomic E-state index is 0.137. The lowest BCUT2D eigenvalue weighted by molar-refractivity contribution is 0.846. The van der Waals surface area contributed by atoms with E-state index in [2.05, 4.69) is 5.92 Å². The molecule has 9 heavy (non-hydrogen) atoms. The molecule has 0 radical (unpaired) electrons. The summed E-state index contributed by atoms with van der Waals surface area (Å²) < 4.78 is 0. The van der Waals surface area contributed by atoms with Crippen LogP contribution in [0.15, 0.2) is 0 Å². The average Bonchev–Trinajstić information content (AvgIpc) is 1.88. The zero-order chi connectivity index (χ0) is 6.69. The molecule has 1 saturated heterocycles. The van der Waals surface area contributed by atoms with Crippen molar-refractivity contribution in [1.29, 1.82) is 0 Å². The van der Waals surface area contributed by atoms with E-state index in [0.717, 1.165) is 0 Å². The largest absolute Gasteiger partial charge is 0.119 e. The topological polar surface area (TPSA) is 0 Å². The highest BCUT2D eigenvalue weighted by Crippen LogP contribution is 2.26. The summed E-state index contributed by atoms with van der Waals surface area (Å²) >= 11 is 5.13. The molecule has 0 bridgehead atoms. The van der Waals surface area contributed by atoms with Gasteiger partial charge in [-0.1, -0.05) is 25.2 Å². The van der Waals surface area contributed by atoms with E-state index < -0.39 is 0 Å². The monoisotopic (exact) mass is 176 g/mol. The van der Waals surface area contributed by atoms with Crippen LogP contribution in [0.25, 0.3) is 0 Å². The van der Waals surface area contributed by atoms with Crippen LogP contribution in [0.3, 0.4) is 0 Å². The van der Waals surface area contributed by atoms with Crippen LogP contribution < -0.4 is 0 Å². The van der Waals surface area contributed by atoms with Crippen molar-refractivity contribution < 1.29 is 0 Å². The second-order valence-corrected chi connectivity index (χ2v) is 7.30. The van der Waals surface area contributed by atoms with E-state index in [1.54, 1.807) is 10.8 Å². The van der Waals surface area contributed by atoms with Gasteiger partial charge in [0.2, 0.25) is 0 Å². The molecule has 0 aromatic carbocycles. The van der Waals surface area contributed by atoms with Crippen molar-refractivity contribution in [2.75, 3.05) is 5.75 Å². The molecule has 0 N–H and O–H groups in total. The highest BCUT2D eigenvalue weighted by atomic mass is 33.3. The molecule has 0 aliphatic carbocycles. The fourth-order valence-corrected chi connectivity index (χ4v) is 4.88. The maximum Gasteiger partial charge on any atom is 0.0761 e. The number of rotatable bonds is 0. The van der Waals surface area contributed by atoms with E-state index in [0.29, 0.717) is 5.25 Å². The molecular formula is C6H8S3. The van der Waals surface area contributed by atoms with E-state index in [9.17, 15) is 0 Å². The minimum Gasteiger partial charge on any atom is -0.119 e. The van der Waals surface area contributed by atoms with Crippen LogP contribution in [0.2, 0.25) is 0 Å². The molecule has 0 saturated carbocycles. The predicted octanol–water partition coefficient (Wildman–Crippen LogP) is 1.51. The van der Waals surface area contributed by atoms with Crippen LogP contribution >= 0.6 is 10.8 Å². The summed E-state index contributed by atoms with van der Waals surface area (Å²) in [5, 5.41) is 0.416. The predicted molar refractivity (Wildman–Crippen MR) is 49.0 cm³/mol. The highest BCUT2D eigenvalue weighted by Gasteiger charge is 2.13. The van der Waals surface area contributed by atoms with Crippen molar-refractivity contribution in [1.82, 2.24) is 0 Å². The first-order valence-electron chi connectivity index (χ1n) is 2.84. The molecule has 0 nitrogen and oxygen atoms in total. The number of hydrogen-bond donors (Lipinski definition) is 0. The Balaban J connectivity index is 2.43. The average molecular weight is 176 g/mol. The lowest BCUT2D eigenvalue weighted by Gasteiger charge is -2.16. The molecule has 2 unspecified atom stereocenters. The maximum atomic E-state index is 5.25. The normalized spacial score (nSPS) is 35.4. The van der Waals surface area contributed by atoms with Crippen molar-refractivity contribution >= 4 is 30.5 Å². The van der Waals surface area contributed by atoms with E-state index >= 15 is 0 Å². The van der Waals surface area contributed by atoms with Crippen molar-refractivity contribution in [2.24, 2.45) is 0 Å². The van der Waals surface area contributed by atoms with E-state index in [1.807, 2.05) is 0 Å². The van der Waals surface area contributed by atoms with Gasteiger partial charge in [0.15, 0.2) is 0 Å². The van der Waals surface area contributed by atoms with E-state index in [-0.39, 0.29) is 8.49 Å². The van der Waals surface area contributed by atoms with Crippen LogP contribution in [0.5, 0.6) is 0 Å². The Hall–Kier alpha value is 0.480.